The highest BCUT2D eigenvalue weighted by Crippen LogP contribution is 2.49. The van der Waals surface area contributed by atoms with Crippen LogP contribution < -0.4 is 10.6 Å². The SMILES string of the molecule is CC(C)C[C@@H](C(=O)N1C[C@]2(C[C@H]1C(O)c1nc3ccccc3s1)C(=O)Nc1ccccc12)N(C)C(=O)[C@H](C)NC(=O)OCc1ccccc1. The Morgan fingerprint density at radius 3 is 2.49 bits per heavy atom. The van der Waals surface area contributed by atoms with Gasteiger partial charge in [-0.1, -0.05) is 74.5 Å². The molecule has 12 heteroatoms. The summed E-state index contributed by atoms with van der Waals surface area (Å²) in [5, 5.41) is 17.9. The van der Waals surface area contributed by atoms with Crippen LogP contribution in [0.2, 0.25) is 0 Å². The molecule has 6 rings (SSSR count). The van der Waals surface area contributed by atoms with Gasteiger partial charge in [-0.15, -0.1) is 11.3 Å². The number of nitrogens with one attached hydrogen (secondary N) is 2. The standard InChI is InChI=1S/C37H41N5O6S/c1-22(2)18-28(41(4)33(44)23(3)38-36(47)48-20-24-12-6-5-7-13-24)34(45)42-21-37(25-14-8-9-15-26(25)40-35(37)46)19-29(42)31(43)32-39-27-16-10-11-17-30(27)49-32/h5-17,22-23,28-29,31,43H,18-21H2,1-4H3,(H,38,47)(H,40,46)/t23-,28-,29-,31?,37-/m0/s1. The second kappa shape index (κ2) is 14.0. The Kier molecular flexibility index (Phi) is 9.71. The first kappa shape index (κ1) is 34.1. The Balaban J connectivity index is 1.27. The number of aliphatic hydroxyl groups excluding tert-OH is 1. The lowest BCUT2D eigenvalue weighted by atomic mass is 9.79. The lowest BCUT2D eigenvalue weighted by Crippen LogP contribution is -2.56. The van der Waals surface area contributed by atoms with Gasteiger partial charge in [-0.25, -0.2) is 9.78 Å². The van der Waals surface area contributed by atoms with Crippen LogP contribution in [0.1, 0.15) is 55.9 Å². The van der Waals surface area contributed by atoms with Crippen molar-refractivity contribution in [3.05, 3.63) is 95.0 Å². The largest absolute Gasteiger partial charge is 0.445 e. The van der Waals surface area contributed by atoms with E-state index in [1.807, 2.05) is 92.7 Å². The predicted molar refractivity (Wildman–Crippen MR) is 187 cm³/mol. The zero-order valence-corrected chi connectivity index (χ0v) is 28.8. The molecule has 1 saturated heterocycles. The molecule has 5 atom stereocenters. The van der Waals surface area contributed by atoms with Crippen molar-refractivity contribution in [2.24, 2.45) is 5.92 Å². The number of hydrogen-bond acceptors (Lipinski definition) is 8. The summed E-state index contributed by atoms with van der Waals surface area (Å²) < 4.78 is 6.21. The van der Waals surface area contributed by atoms with Crippen molar-refractivity contribution in [1.82, 2.24) is 20.1 Å². The molecule has 4 amide bonds. The number of likely N-dealkylation sites (N-methyl/N-ethyl adjacent to an activating group) is 1. The molecule has 1 unspecified atom stereocenters. The molecule has 0 aliphatic carbocycles. The smallest absolute Gasteiger partial charge is 0.408 e. The fourth-order valence-corrected chi connectivity index (χ4v) is 7.91. The number of aromatic nitrogens is 1. The van der Waals surface area contributed by atoms with Crippen LogP contribution in [0.3, 0.4) is 0 Å². The Labute approximate surface area is 289 Å². The van der Waals surface area contributed by atoms with Crippen molar-refractivity contribution in [3.8, 4) is 0 Å². The molecule has 1 aromatic heterocycles. The molecular formula is C37H41N5O6S. The summed E-state index contributed by atoms with van der Waals surface area (Å²) in [5.74, 6) is -1.08. The molecule has 0 saturated carbocycles. The van der Waals surface area contributed by atoms with Crippen molar-refractivity contribution in [2.75, 3.05) is 18.9 Å². The normalized spacial score (nSPS) is 20.2. The van der Waals surface area contributed by atoms with Crippen molar-refractivity contribution < 1.29 is 29.0 Å². The highest BCUT2D eigenvalue weighted by Gasteiger charge is 2.58. The third-order valence-electron chi connectivity index (χ3n) is 9.45. The number of rotatable bonds is 10. The molecule has 3 aromatic carbocycles. The van der Waals surface area contributed by atoms with E-state index in [2.05, 4.69) is 15.6 Å². The molecule has 1 fully saturated rings. The van der Waals surface area contributed by atoms with Crippen LogP contribution in [-0.4, -0.2) is 75.4 Å². The summed E-state index contributed by atoms with van der Waals surface area (Å²) in [5.41, 5.74) is 1.91. The van der Waals surface area contributed by atoms with Gasteiger partial charge in [0.1, 0.15) is 29.8 Å². The topological polar surface area (TPSA) is 141 Å². The molecule has 3 N–H and O–H groups in total. The van der Waals surface area contributed by atoms with Crippen LogP contribution in [0.25, 0.3) is 10.2 Å². The van der Waals surface area contributed by atoms with E-state index in [0.717, 1.165) is 21.3 Å². The number of thiazole rings is 1. The number of nitrogens with zero attached hydrogens (tertiary/aromatic N) is 3. The van der Waals surface area contributed by atoms with Gasteiger partial charge >= 0.3 is 6.09 Å². The van der Waals surface area contributed by atoms with Gasteiger partial charge in [0.15, 0.2) is 0 Å². The van der Waals surface area contributed by atoms with Gasteiger partial charge < -0.3 is 30.3 Å². The van der Waals surface area contributed by atoms with Crippen LogP contribution in [0, 0.1) is 5.92 Å². The number of anilines is 1. The molecule has 0 bridgehead atoms. The Hall–Kier alpha value is -4.81. The average Bonchev–Trinajstić information content (AvgIpc) is 3.79. The van der Waals surface area contributed by atoms with E-state index in [4.69, 9.17) is 4.74 Å². The molecule has 0 radical (unpaired) electrons. The van der Waals surface area contributed by atoms with Crippen LogP contribution in [0.4, 0.5) is 10.5 Å². The van der Waals surface area contributed by atoms with Crippen LogP contribution in [0.5, 0.6) is 0 Å². The van der Waals surface area contributed by atoms with E-state index in [0.29, 0.717) is 17.1 Å². The molecule has 1 spiro atoms. The zero-order valence-electron chi connectivity index (χ0n) is 28.0. The minimum absolute atomic E-state index is 0.0167. The van der Waals surface area contributed by atoms with Crippen LogP contribution in [-0.2, 0) is 31.1 Å². The van der Waals surface area contributed by atoms with Crippen molar-refractivity contribution in [1.29, 1.82) is 0 Å². The minimum atomic E-state index is -1.18. The van der Waals surface area contributed by atoms with Crippen LogP contribution >= 0.6 is 11.3 Å². The number of ether oxygens (including phenoxy) is 1. The van der Waals surface area contributed by atoms with Crippen LogP contribution in [0.15, 0.2) is 78.9 Å². The molecule has 11 nitrogen and oxygen atoms in total. The number of carbonyl (C=O) groups is 4. The van der Waals surface area contributed by atoms with E-state index < -0.39 is 41.6 Å². The maximum Gasteiger partial charge on any atom is 0.408 e. The first-order chi connectivity index (χ1) is 23.5. The third-order valence-corrected chi connectivity index (χ3v) is 10.6. The number of carbonyl (C=O) groups excluding carboxylic acids is 4. The lowest BCUT2D eigenvalue weighted by molar-refractivity contribution is -0.148. The highest BCUT2D eigenvalue weighted by atomic mass is 32.1. The summed E-state index contributed by atoms with van der Waals surface area (Å²) in [7, 11) is 1.54. The quantitative estimate of drug-likeness (QED) is 0.214. The summed E-state index contributed by atoms with van der Waals surface area (Å²) in [4.78, 5) is 62.5. The zero-order chi connectivity index (χ0) is 34.9. The first-order valence-corrected chi connectivity index (χ1v) is 17.3. The van der Waals surface area contributed by atoms with E-state index in [1.165, 1.54) is 16.2 Å². The molecule has 256 valence electrons. The lowest BCUT2D eigenvalue weighted by Gasteiger charge is -2.36. The molecule has 2 aliphatic rings. The predicted octanol–water partition coefficient (Wildman–Crippen LogP) is 5.01. The van der Waals surface area contributed by atoms with E-state index >= 15 is 0 Å². The molecule has 2 aliphatic heterocycles. The second-order valence-electron chi connectivity index (χ2n) is 13.3. The number of fused-ring (bicyclic) bond motifs is 3. The Bertz CT molecular complexity index is 1830. The third kappa shape index (κ3) is 6.75. The molecule has 3 heterocycles. The van der Waals surface area contributed by atoms with E-state index in [-0.39, 0.29) is 37.3 Å². The van der Waals surface area contributed by atoms with Gasteiger partial charge in [-0.2, -0.15) is 0 Å². The highest BCUT2D eigenvalue weighted by molar-refractivity contribution is 7.18. The van der Waals surface area contributed by atoms with Gasteiger partial charge in [0.05, 0.1) is 21.7 Å². The Morgan fingerprint density at radius 2 is 1.76 bits per heavy atom. The average molecular weight is 684 g/mol. The number of likely N-dealkylation sites (tertiary alicyclic amines) is 1. The maximum absolute atomic E-state index is 14.8. The van der Waals surface area contributed by atoms with E-state index in [9.17, 15) is 24.3 Å². The molecule has 49 heavy (non-hydrogen) atoms. The van der Waals surface area contributed by atoms with Crippen molar-refractivity contribution >= 4 is 51.1 Å². The Morgan fingerprint density at radius 1 is 1.06 bits per heavy atom. The number of amides is 4. The van der Waals surface area contributed by atoms with Gasteiger partial charge in [0.25, 0.3) is 0 Å². The number of hydrogen-bond donors (Lipinski definition) is 3. The number of benzene rings is 3. The molecular weight excluding hydrogens is 643 g/mol. The summed E-state index contributed by atoms with van der Waals surface area (Å²) in [6.45, 7) is 5.53. The van der Waals surface area contributed by atoms with E-state index in [1.54, 1.807) is 18.9 Å². The summed E-state index contributed by atoms with van der Waals surface area (Å²) >= 11 is 1.35. The number of aliphatic hydroxyl groups is 1. The number of para-hydroxylation sites is 2. The first-order valence-electron chi connectivity index (χ1n) is 16.5. The van der Waals surface area contributed by atoms with Gasteiger partial charge in [0, 0.05) is 19.3 Å². The minimum Gasteiger partial charge on any atom is -0.445 e. The maximum atomic E-state index is 14.8. The summed E-state index contributed by atoms with van der Waals surface area (Å²) in [6, 6.07) is 21.5. The second-order valence-corrected chi connectivity index (χ2v) is 14.4. The summed E-state index contributed by atoms with van der Waals surface area (Å²) in [6.07, 6.45) is -1.43. The monoisotopic (exact) mass is 683 g/mol. The van der Waals surface area contributed by atoms with Crippen molar-refractivity contribution in [2.45, 2.75) is 69.9 Å². The fourth-order valence-electron chi connectivity index (χ4n) is 6.90. The van der Waals surface area contributed by atoms with Gasteiger partial charge in [-0.05, 0) is 55.0 Å². The number of alkyl carbamates (subject to hydrolysis) is 1. The molecule has 4 aromatic rings. The van der Waals surface area contributed by atoms with Crippen molar-refractivity contribution in [3.63, 3.8) is 0 Å². The van der Waals surface area contributed by atoms with Gasteiger partial charge in [0.2, 0.25) is 17.7 Å². The fraction of sp³-hybridized carbons (Fsp3) is 0.378. The van der Waals surface area contributed by atoms with Gasteiger partial charge in [-0.3, -0.25) is 14.4 Å².